The summed E-state index contributed by atoms with van der Waals surface area (Å²) >= 11 is 6.07. The monoisotopic (exact) mass is 388 g/mol. The average Bonchev–Trinajstić information content (AvgIpc) is 2.98. The van der Waals surface area contributed by atoms with Crippen molar-refractivity contribution < 1.29 is 8.42 Å². The van der Waals surface area contributed by atoms with Gasteiger partial charge in [0.05, 0.1) is 4.90 Å². The first-order valence-electron chi connectivity index (χ1n) is 8.75. The Morgan fingerprint density at radius 3 is 2.54 bits per heavy atom. The van der Waals surface area contributed by atoms with Crippen LogP contribution in [0.25, 0.3) is 10.9 Å². The maximum absolute atomic E-state index is 13.1. The van der Waals surface area contributed by atoms with E-state index in [2.05, 4.69) is 18.8 Å². The van der Waals surface area contributed by atoms with Crippen LogP contribution in [0, 0.1) is 0 Å². The molecule has 4 nitrogen and oxygen atoms in total. The summed E-state index contributed by atoms with van der Waals surface area (Å²) in [6.45, 7) is 5.05. The molecular weight excluding hydrogens is 368 g/mol. The minimum atomic E-state index is -3.51. The van der Waals surface area contributed by atoms with Crippen LogP contribution < -0.4 is 0 Å². The summed E-state index contributed by atoms with van der Waals surface area (Å²) in [6.07, 6.45) is 0.672. The van der Waals surface area contributed by atoms with E-state index in [1.54, 1.807) is 16.4 Å². The van der Waals surface area contributed by atoms with Crippen molar-refractivity contribution in [2.45, 2.75) is 37.6 Å². The van der Waals surface area contributed by atoms with Gasteiger partial charge in [-0.05, 0) is 41.3 Å². The SMILES string of the molecule is CC(C)c1ccc(S(=O)(=O)N2CCc3[nH]c4cc(Cl)ccc4c3C2)cc1. The van der Waals surface area contributed by atoms with Crippen molar-refractivity contribution in [2.24, 2.45) is 0 Å². The van der Waals surface area contributed by atoms with Crippen LogP contribution in [0.15, 0.2) is 47.4 Å². The second kappa shape index (κ2) is 6.41. The molecule has 0 spiro atoms. The molecule has 1 aromatic heterocycles. The predicted molar refractivity (Wildman–Crippen MR) is 105 cm³/mol. The van der Waals surface area contributed by atoms with E-state index >= 15 is 0 Å². The molecule has 0 fully saturated rings. The van der Waals surface area contributed by atoms with Gasteiger partial charge in [0.15, 0.2) is 0 Å². The Bertz CT molecular complexity index is 1070. The highest BCUT2D eigenvalue weighted by Crippen LogP contribution is 2.32. The Labute approximate surface area is 158 Å². The Balaban J connectivity index is 1.68. The molecule has 0 radical (unpaired) electrons. The largest absolute Gasteiger partial charge is 0.358 e. The number of sulfonamides is 1. The highest BCUT2D eigenvalue weighted by atomic mass is 35.5. The Morgan fingerprint density at radius 1 is 1.12 bits per heavy atom. The Morgan fingerprint density at radius 2 is 1.85 bits per heavy atom. The number of H-pyrrole nitrogens is 1. The molecule has 4 rings (SSSR count). The minimum absolute atomic E-state index is 0.355. The number of nitrogens with zero attached hydrogens (tertiary/aromatic N) is 1. The van der Waals surface area contributed by atoms with Crippen molar-refractivity contribution >= 4 is 32.5 Å². The first-order chi connectivity index (χ1) is 12.4. The smallest absolute Gasteiger partial charge is 0.243 e. The van der Waals surface area contributed by atoms with Crippen molar-refractivity contribution in [3.63, 3.8) is 0 Å². The molecule has 0 saturated carbocycles. The molecule has 0 atom stereocenters. The average molecular weight is 389 g/mol. The molecule has 26 heavy (non-hydrogen) atoms. The second-order valence-corrected chi connectivity index (χ2v) is 9.46. The lowest BCUT2D eigenvalue weighted by Crippen LogP contribution is -2.35. The summed E-state index contributed by atoms with van der Waals surface area (Å²) in [5, 5.41) is 1.71. The van der Waals surface area contributed by atoms with Crippen LogP contribution in [0.2, 0.25) is 5.02 Å². The van der Waals surface area contributed by atoms with E-state index in [0.717, 1.165) is 27.7 Å². The van der Waals surface area contributed by atoms with Crippen LogP contribution in [-0.4, -0.2) is 24.3 Å². The van der Waals surface area contributed by atoms with Gasteiger partial charge in [-0.15, -0.1) is 0 Å². The molecule has 1 N–H and O–H groups in total. The fraction of sp³-hybridized carbons (Fsp3) is 0.300. The molecule has 0 amide bonds. The van der Waals surface area contributed by atoms with Crippen molar-refractivity contribution in [2.75, 3.05) is 6.54 Å². The number of aromatic nitrogens is 1. The van der Waals surface area contributed by atoms with Gasteiger partial charge >= 0.3 is 0 Å². The summed E-state index contributed by atoms with van der Waals surface area (Å²) in [6, 6.07) is 12.9. The molecule has 0 saturated heterocycles. The van der Waals surface area contributed by atoms with E-state index < -0.39 is 10.0 Å². The van der Waals surface area contributed by atoms with Crippen LogP contribution in [0.3, 0.4) is 0 Å². The fourth-order valence-electron chi connectivity index (χ4n) is 3.55. The van der Waals surface area contributed by atoms with E-state index in [1.807, 2.05) is 30.3 Å². The van der Waals surface area contributed by atoms with Crippen LogP contribution in [0.5, 0.6) is 0 Å². The number of aromatic amines is 1. The first kappa shape index (κ1) is 17.6. The van der Waals surface area contributed by atoms with E-state index in [9.17, 15) is 8.42 Å². The van der Waals surface area contributed by atoms with Crippen molar-refractivity contribution in [1.82, 2.24) is 9.29 Å². The topological polar surface area (TPSA) is 53.2 Å². The molecule has 2 heterocycles. The third kappa shape index (κ3) is 2.94. The zero-order valence-corrected chi connectivity index (χ0v) is 16.4. The summed E-state index contributed by atoms with van der Waals surface area (Å²) in [5.41, 5.74) is 4.25. The number of rotatable bonds is 3. The van der Waals surface area contributed by atoms with Gasteiger partial charge in [0, 0.05) is 41.1 Å². The minimum Gasteiger partial charge on any atom is -0.358 e. The molecule has 3 aromatic rings. The molecule has 136 valence electrons. The maximum Gasteiger partial charge on any atom is 0.243 e. The van der Waals surface area contributed by atoms with E-state index in [0.29, 0.717) is 35.3 Å². The molecule has 2 aromatic carbocycles. The molecule has 6 heteroatoms. The van der Waals surface area contributed by atoms with E-state index in [1.165, 1.54) is 0 Å². The quantitative estimate of drug-likeness (QED) is 0.707. The number of benzene rings is 2. The summed E-state index contributed by atoms with van der Waals surface area (Å²) in [7, 11) is -3.51. The van der Waals surface area contributed by atoms with Gasteiger partial charge in [0.25, 0.3) is 0 Å². The van der Waals surface area contributed by atoms with Gasteiger partial charge in [-0.25, -0.2) is 8.42 Å². The lowest BCUT2D eigenvalue weighted by molar-refractivity contribution is 0.391. The summed E-state index contributed by atoms with van der Waals surface area (Å²) in [4.78, 5) is 3.74. The predicted octanol–water partition coefficient (Wildman–Crippen LogP) is 4.69. The Hall–Kier alpha value is -1.82. The standard InChI is InChI=1S/C20H21ClN2O2S/c1-13(2)14-3-6-16(7-4-14)26(24,25)23-10-9-19-18(12-23)17-8-5-15(21)11-20(17)22-19/h3-8,11,13,22H,9-10,12H2,1-2H3. The van der Waals surface area contributed by atoms with Crippen LogP contribution in [0.1, 0.15) is 36.6 Å². The number of fused-ring (bicyclic) bond motifs is 3. The highest BCUT2D eigenvalue weighted by Gasteiger charge is 2.30. The van der Waals surface area contributed by atoms with Gasteiger partial charge < -0.3 is 4.98 Å². The van der Waals surface area contributed by atoms with Crippen LogP contribution >= 0.6 is 11.6 Å². The van der Waals surface area contributed by atoms with E-state index in [-0.39, 0.29) is 0 Å². The summed E-state index contributed by atoms with van der Waals surface area (Å²) in [5.74, 6) is 0.377. The molecule has 0 unspecified atom stereocenters. The van der Waals surface area contributed by atoms with E-state index in [4.69, 9.17) is 11.6 Å². The number of nitrogens with one attached hydrogen (secondary N) is 1. The molecule has 0 aliphatic carbocycles. The third-order valence-corrected chi connectivity index (χ3v) is 7.18. The number of halogens is 1. The molecule has 0 bridgehead atoms. The Kier molecular flexibility index (Phi) is 4.34. The van der Waals surface area contributed by atoms with Crippen molar-refractivity contribution in [3.05, 3.63) is 64.3 Å². The van der Waals surface area contributed by atoms with Crippen LogP contribution in [0.4, 0.5) is 0 Å². The lowest BCUT2D eigenvalue weighted by Gasteiger charge is -2.26. The number of hydrogen-bond donors (Lipinski definition) is 1. The van der Waals surface area contributed by atoms with Gasteiger partial charge in [-0.3, -0.25) is 0 Å². The van der Waals surface area contributed by atoms with Gasteiger partial charge in [-0.2, -0.15) is 4.31 Å². The molecule has 1 aliphatic heterocycles. The maximum atomic E-state index is 13.1. The van der Waals surface area contributed by atoms with Gasteiger partial charge in [0.2, 0.25) is 10.0 Å². The van der Waals surface area contributed by atoms with Crippen molar-refractivity contribution in [1.29, 1.82) is 0 Å². The highest BCUT2D eigenvalue weighted by molar-refractivity contribution is 7.89. The second-order valence-electron chi connectivity index (χ2n) is 7.08. The fourth-order valence-corrected chi connectivity index (χ4v) is 5.13. The third-order valence-electron chi connectivity index (χ3n) is 5.09. The number of hydrogen-bond acceptors (Lipinski definition) is 2. The van der Waals surface area contributed by atoms with Crippen LogP contribution in [-0.2, 0) is 23.0 Å². The molecular formula is C20H21ClN2O2S. The lowest BCUT2D eigenvalue weighted by atomic mass is 10.0. The van der Waals surface area contributed by atoms with Crippen molar-refractivity contribution in [3.8, 4) is 0 Å². The first-order valence-corrected chi connectivity index (χ1v) is 10.6. The van der Waals surface area contributed by atoms with Gasteiger partial charge in [-0.1, -0.05) is 43.6 Å². The normalized spacial score (nSPS) is 15.5. The zero-order valence-electron chi connectivity index (χ0n) is 14.8. The van der Waals surface area contributed by atoms with Gasteiger partial charge in [0.1, 0.15) is 0 Å². The summed E-state index contributed by atoms with van der Waals surface area (Å²) < 4.78 is 27.7. The molecule has 1 aliphatic rings. The zero-order chi connectivity index (χ0) is 18.5.